The van der Waals surface area contributed by atoms with Crippen molar-refractivity contribution in [3.63, 3.8) is 0 Å². The molecule has 0 spiro atoms. The zero-order chi connectivity index (χ0) is 45.2. The van der Waals surface area contributed by atoms with E-state index in [2.05, 4.69) is 156 Å². The minimum atomic E-state index is -0.139. The van der Waals surface area contributed by atoms with Crippen molar-refractivity contribution in [2.45, 2.75) is 109 Å². The predicted molar refractivity (Wildman–Crippen MR) is 276 cm³/mol. The summed E-state index contributed by atoms with van der Waals surface area (Å²) in [5.41, 5.74) is 13.2. The molecule has 0 saturated carbocycles. The second-order valence-electron chi connectivity index (χ2n) is 19.8. The Morgan fingerprint density at radius 2 is 0.836 bits per heavy atom. The molecular formula is C61H68N2O4. The third kappa shape index (κ3) is 8.32. The molecular weight excluding hydrogens is 825 g/mol. The van der Waals surface area contributed by atoms with E-state index in [4.69, 9.17) is 18.9 Å². The van der Waals surface area contributed by atoms with Gasteiger partial charge in [-0.15, -0.1) is 0 Å². The first-order valence-corrected chi connectivity index (χ1v) is 25.8. The van der Waals surface area contributed by atoms with Crippen LogP contribution in [0.2, 0.25) is 0 Å². The smallest absolute Gasteiger partial charge is 0.0645 e. The number of ether oxygens (including phenoxy) is 4. The number of fused-ring (bicyclic) bond motifs is 9. The van der Waals surface area contributed by atoms with Crippen LogP contribution in [0.25, 0.3) is 66.1 Å². The molecule has 2 aromatic heterocycles. The number of rotatable bonds is 22. The van der Waals surface area contributed by atoms with E-state index in [1.807, 2.05) is 0 Å². The average Bonchev–Trinajstić information content (AvgIpc) is 3.96. The third-order valence-electron chi connectivity index (χ3n) is 15.9. The summed E-state index contributed by atoms with van der Waals surface area (Å²) < 4.78 is 28.9. The fourth-order valence-electron chi connectivity index (χ4n) is 12.2. The van der Waals surface area contributed by atoms with Crippen LogP contribution in [0.3, 0.4) is 0 Å². The Kier molecular flexibility index (Phi) is 13.1. The molecule has 0 amide bonds. The Bertz CT molecular complexity index is 2670. The van der Waals surface area contributed by atoms with Crippen molar-refractivity contribution >= 4 is 43.6 Å². The Hall–Kier alpha value is -5.24. The minimum Gasteiger partial charge on any atom is -0.381 e. The number of para-hydroxylation sites is 4. The molecule has 6 nitrogen and oxygen atoms in total. The van der Waals surface area contributed by atoms with Gasteiger partial charge in [0.25, 0.3) is 0 Å². The molecule has 8 aromatic rings. The molecule has 1 aliphatic carbocycles. The number of hydrogen-bond donors (Lipinski definition) is 0. The molecule has 6 heteroatoms. The van der Waals surface area contributed by atoms with Crippen molar-refractivity contribution in [1.29, 1.82) is 0 Å². The van der Waals surface area contributed by atoms with Crippen LogP contribution in [-0.4, -0.2) is 61.0 Å². The summed E-state index contributed by atoms with van der Waals surface area (Å²) in [6.45, 7) is 9.47. The van der Waals surface area contributed by atoms with Gasteiger partial charge in [0.1, 0.15) is 0 Å². The maximum Gasteiger partial charge on any atom is 0.0645 e. The summed E-state index contributed by atoms with van der Waals surface area (Å²) in [5.74, 6) is 1.13. The van der Waals surface area contributed by atoms with Gasteiger partial charge in [-0.3, -0.25) is 0 Å². The molecule has 2 saturated heterocycles. The van der Waals surface area contributed by atoms with E-state index >= 15 is 0 Å². The SMILES string of the molecule is CCC1OCC1COCCCCCCC1(CCCCCCOCC2COC2CC)c2cc(-n3c4ccccc4c4ccccc43)ccc2-c2ccc(-n3c4ccccc4c4ccccc43)cc21. The number of benzene rings is 6. The highest BCUT2D eigenvalue weighted by atomic mass is 16.5. The number of hydrogen-bond acceptors (Lipinski definition) is 4. The Labute approximate surface area is 397 Å². The molecule has 4 unspecified atom stereocenters. The summed E-state index contributed by atoms with van der Waals surface area (Å²) in [6, 6.07) is 50.6. The fraction of sp³-hybridized carbons (Fsp3) is 0.410. The summed E-state index contributed by atoms with van der Waals surface area (Å²) >= 11 is 0. The normalized spacial score (nSPS) is 19.6. The van der Waals surface area contributed by atoms with Gasteiger partial charge in [0.15, 0.2) is 0 Å². The zero-order valence-electron chi connectivity index (χ0n) is 39.8. The Morgan fingerprint density at radius 3 is 1.19 bits per heavy atom. The first-order chi connectivity index (χ1) is 33.2. The number of nitrogens with zero attached hydrogens (tertiary/aromatic N) is 2. The quantitative estimate of drug-likeness (QED) is 0.0636. The van der Waals surface area contributed by atoms with Crippen LogP contribution >= 0.6 is 0 Å². The first kappa shape index (κ1) is 44.3. The van der Waals surface area contributed by atoms with Crippen molar-refractivity contribution < 1.29 is 18.9 Å². The van der Waals surface area contributed by atoms with Gasteiger partial charge in [0.05, 0.1) is 60.7 Å². The zero-order valence-corrected chi connectivity index (χ0v) is 39.8. The van der Waals surface area contributed by atoms with E-state index in [-0.39, 0.29) is 5.41 Å². The van der Waals surface area contributed by atoms with E-state index < -0.39 is 0 Å². The van der Waals surface area contributed by atoms with Crippen molar-refractivity contribution in [3.05, 3.63) is 145 Å². The van der Waals surface area contributed by atoms with Crippen molar-refractivity contribution in [1.82, 2.24) is 9.13 Å². The summed E-state index contributed by atoms with van der Waals surface area (Å²) in [7, 11) is 0. The van der Waals surface area contributed by atoms with Gasteiger partial charge in [0.2, 0.25) is 0 Å². The van der Waals surface area contributed by atoms with Crippen LogP contribution in [0.4, 0.5) is 0 Å². The molecule has 346 valence electrons. The monoisotopic (exact) mass is 893 g/mol. The standard InChI is InChI=1S/C61H68N2O4/c1-3-59-43(41-66-59)39-64-35-19-7-5-17-33-61(34-18-6-8-20-36-65-40-44-42-67-60(44)4-2)53-37-45(62-55-25-13-9-21-49(55)50-22-10-14-26-56(50)62)29-31-47(53)48-32-30-46(38-54(48)61)63-57-27-15-11-23-51(57)52-24-12-16-28-58(52)63/h9-16,21-32,37-38,43-44,59-60H,3-8,17-20,33-36,39-42H2,1-2H3. The molecule has 2 aliphatic heterocycles. The van der Waals surface area contributed by atoms with Crippen LogP contribution in [0.15, 0.2) is 133 Å². The van der Waals surface area contributed by atoms with Crippen LogP contribution in [0.5, 0.6) is 0 Å². The maximum absolute atomic E-state index is 6.21. The molecule has 4 heterocycles. The molecule has 67 heavy (non-hydrogen) atoms. The van der Waals surface area contributed by atoms with E-state index in [9.17, 15) is 0 Å². The second-order valence-corrected chi connectivity index (χ2v) is 19.8. The summed E-state index contributed by atoms with van der Waals surface area (Å²) in [5, 5.41) is 5.20. The highest BCUT2D eigenvalue weighted by molar-refractivity contribution is 6.10. The Morgan fingerprint density at radius 1 is 0.463 bits per heavy atom. The van der Waals surface area contributed by atoms with Crippen LogP contribution < -0.4 is 0 Å². The van der Waals surface area contributed by atoms with Gasteiger partial charge >= 0.3 is 0 Å². The van der Waals surface area contributed by atoms with E-state index in [1.165, 1.54) is 116 Å². The van der Waals surface area contributed by atoms with E-state index in [1.54, 1.807) is 0 Å². The first-order valence-electron chi connectivity index (χ1n) is 25.8. The lowest BCUT2D eigenvalue weighted by Gasteiger charge is -2.36. The van der Waals surface area contributed by atoms with Gasteiger partial charge in [-0.2, -0.15) is 0 Å². The molecule has 11 rings (SSSR count). The maximum atomic E-state index is 6.21. The highest BCUT2D eigenvalue weighted by Gasteiger charge is 2.43. The van der Waals surface area contributed by atoms with Crippen LogP contribution in [0.1, 0.15) is 102 Å². The Balaban J connectivity index is 0.939. The van der Waals surface area contributed by atoms with Gasteiger partial charge < -0.3 is 28.1 Å². The number of unbranched alkanes of at least 4 members (excludes halogenated alkanes) is 6. The molecule has 0 radical (unpaired) electrons. The lowest BCUT2D eigenvalue weighted by molar-refractivity contribution is -0.141. The summed E-state index contributed by atoms with van der Waals surface area (Å²) in [4.78, 5) is 0. The van der Waals surface area contributed by atoms with Crippen molar-refractivity contribution in [2.24, 2.45) is 11.8 Å². The fourth-order valence-corrected chi connectivity index (χ4v) is 12.2. The number of aromatic nitrogens is 2. The lowest BCUT2D eigenvalue weighted by Crippen LogP contribution is -2.42. The lowest BCUT2D eigenvalue weighted by atomic mass is 9.70. The van der Waals surface area contributed by atoms with Crippen LogP contribution in [0, 0.1) is 11.8 Å². The molecule has 0 bridgehead atoms. The van der Waals surface area contributed by atoms with Gasteiger partial charge in [-0.25, -0.2) is 0 Å². The van der Waals surface area contributed by atoms with Gasteiger partial charge in [0, 0.05) is 63.4 Å². The molecule has 6 aromatic carbocycles. The van der Waals surface area contributed by atoms with Gasteiger partial charge in [-0.05, 0) is 109 Å². The minimum absolute atomic E-state index is 0.139. The van der Waals surface area contributed by atoms with Crippen molar-refractivity contribution in [2.75, 3.05) is 39.6 Å². The molecule has 3 aliphatic rings. The molecule has 2 fully saturated rings. The third-order valence-corrected chi connectivity index (χ3v) is 15.9. The van der Waals surface area contributed by atoms with Gasteiger partial charge in [-0.1, -0.05) is 137 Å². The van der Waals surface area contributed by atoms with E-state index in [0.29, 0.717) is 24.0 Å². The molecule has 0 N–H and O–H groups in total. The second kappa shape index (κ2) is 19.8. The highest BCUT2D eigenvalue weighted by Crippen LogP contribution is 2.56. The largest absolute Gasteiger partial charge is 0.381 e. The van der Waals surface area contributed by atoms with Crippen molar-refractivity contribution in [3.8, 4) is 22.5 Å². The topological polar surface area (TPSA) is 46.8 Å². The molecule has 4 atom stereocenters. The van der Waals surface area contributed by atoms with E-state index in [0.717, 1.165) is 78.2 Å². The average molecular weight is 893 g/mol. The summed E-state index contributed by atoms with van der Waals surface area (Å²) in [6.07, 6.45) is 14.5. The predicted octanol–water partition coefficient (Wildman–Crippen LogP) is 14.9. The van der Waals surface area contributed by atoms with Crippen LogP contribution in [-0.2, 0) is 24.4 Å².